The molecule has 0 fully saturated rings. The minimum atomic E-state index is -0.171. The molecule has 1 aromatic heterocycles. The highest BCUT2D eigenvalue weighted by Gasteiger charge is 2.08. The summed E-state index contributed by atoms with van der Waals surface area (Å²) in [6.45, 7) is 4.86. The van der Waals surface area contributed by atoms with Gasteiger partial charge in [-0.05, 0) is 18.4 Å². The third-order valence-corrected chi connectivity index (χ3v) is 2.44. The summed E-state index contributed by atoms with van der Waals surface area (Å²) in [6.07, 6.45) is 2.37. The van der Waals surface area contributed by atoms with Crippen molar-refractivity contribution in [3.63, 3.8) is 0 Å². The lowest BCUT2D eigenvalue weighted by molar-refractivity contribution is 0.0951. The molecule has 0 unspecified atom stereocenters. The Kier molecular flexibility index (Phi) is 4.55. The zero-order chi connectivity index (χ0) is 12.1. The Bertz CT molecular complexity index is 379. The number of carbonyl (C=O) groups excluding carboxylic acids is 1. The topological polar surface area (TPSA) is 68.0 Å². The molecule has 5 heteroatoms. The number of pyridine rings is 1. The molecule has 16 heavy (non-hydrogen) atoms. The molecule has 4 nitrogen and oxygen atoms in total. The second-order valence-electron chi connectivity index (χ2n) is 4.03. The molecule has 0 aliphatic carbocycles. The Balaban J connectivity index is 2.56. The molecule has 88 valence electrons. The maximum atomic E-state index is 11.6. The summed E-state index contributed by atoms with van der Waals surface area (Å²) in [7, 11) is 0. The van der Waals surface area contributed by atoms with E-state index in [1.54, 1.807) is 0 Å². The van der Waals surface area contributed by atoms with Gasteiger partial charge in [-0.1, -0.05) is 25.4 Å². The number of nitrogens with one attached hydrogen (secondary N) is 1. The quantitative estimate of drug-likeness (QED) is 0.848. The van der Waals surface area contributed by atoms with Crippen LogP contribution >= 0.6 is 11.6 Å². The molecule has 0 saturated heterocycles. The standard InChI is InChI=1S/C11H16ClN3O/c1-7(2)3-4-14-11(16)8-5-9(12)10(13)15-6-8/h5-7H,3-4H2,1-2H3,(H2,13,15)(H,14,16). The van der Waals surface area contributed by atoms with Crippen LogP contribution < -0.4 is 11.1 Å². The van der Waals surface area contributed by atoms with Crippen LogP contribution in [-0.2, 0) is 0 Å². The number of hydrogen-bond acceptors (Lipinski definition) is 3. The van der Waals surface area contributed by atoms with Crippen molar-refractivity contribution in [1.29, 1.82) is 0 Å². The molecule has 1 heterocycles. The summed E-state index contributed by atoms with van der Waals surface area (Å²) in [6, 6.07) is 1.52. The van der Waals surface area contributed by atoms with Gasteiger partial charge in [-0.25, -0.2) is 4.98 Å². The average molecular weight is 242 g/mol. The van der Waals surface area contributed by atoms with Crippen LogP contribution in [0.5, 0.6) is 0 Å². The lowest BCUT2D eigenvalue weighted by atomic mass is 10.1. The molecule has 3 N–H and O–H groups in total. The van der Waals surface area contributed by atoms with E-state index in [2.05, 4.69) is 24.1 Å². The highest BCUT2D eigenvalue weighted by Crippen LogP contribution is 2.16. The fourth-order valence-electron chi connectivity index (χ4n) is 1.15. The third-order valence-electron chi connectivity index (χ3n) is 2.14. The lowest BCUT2D eigenvalue weighted by Crippen LogP contribution is -2.25. The largest absolute Gasteiger partial charge is 0.382 e. The second-order valence-corrected chi connectivity index (χ2v) is 4.44. The van der Waals surface area contributed by atoms with E-state index in [1.165, 1.54) is 12.3 Å². The first kappa shape index (κ1) is 12.8. The van der Waals surface area contributed by atoms with E-state index in [4.69, 9.17) is 17.3 Å². The first-order chi connectivity index (χ1) is 7.50. The summed E-state index contributed by atoms with van der Waals surface area (Å²) in [5.74, 6) is 0.629. The van der Waals surface area contributed by atoms with Crippen molar-refractivity contribution in [3.05, 3.63) is 22.8 Å². The van der Waals surface area contributed by atoms with Crippen LogP contribution in [0.1, 0.15) is 30.6 Å². The number of nitrogen functional groups attached to an aromatic ring is 1. The Morgan fingerprint density at radius 3 is 2.88 bits per heavy atom. The molecule has 1 amide bonds. The number of hydrogen-bond donors (Lipinski definition) is 2. The Morgan fingerprint density at radius 2 is 2.31 bits per heavy atom. The van der Waals surface area contributed by atoms with Crippen LogP contribution in [0.25, 0.3) is 0 Å². The molecule has 1 rings (SSSR count). The third kappa shape index (κ3) is 3.70. The smallest absolute Gasteiger partial charge is 0.252 e. The summed E-state index contributed by atoms with van der Waals surface area (Å²) in [5.41, 5.74) is 5.89. The minimum Gasteiger partial charge on any atom is -0.382 e. The van der Waals surface area contributed by atoms with Crippen LogP contribution in [0.4, 0.5) is 5.82 Å². The number of carbonyl (C=O) groups is 1. The van der Waals surface area contributed by atoms with Gasteiger partial charge in [0.15, 0.2) is 0 Å². The van der Waals surface area contributed by atoms with Crippen LogP contribution in [0, 0.1) is 5.92 Å². The maximum Gasteiger partial charge on any atom is 0.252 e. The summed E-state index contributed by atoms with van der Waals surface area (Å²) < 4.78 is 0. The number of halogens is 1. The molecule has 0 aliphatic heterocycles. The number of aromatic nitrogens is 1. The number of nitrogens with two attached hydrogens (primary N) is 1. The zero-order valence-corrected chi connectivity index (χ0v) is 10.2. The van der Waals surface area contributed by atoms with Crippen molar-refractivity contribution in [3.8, 4) is 0 Å². The maximum absolute atomic E-state index is 11.6. The number of anilines is 1. The average Bonchev–Trinajstić information content (AvgIpc) is 2.21. The van der Waals surface area contributed by atoms with Gasteiger partial charge in [-0.3, -0.25) is 4.79 Å². The van der Waals surface area contributed by atoms with Gasteiger partial charge in [-0.15, -0.1) is 0 Å². The highest BCUT2D eigenvalue weighted by molar-refractivity contribution is 6.33. The fourth-order valence-corrected chi connectivity index (χ4v) is 1.32. The Hall–Kier alpha value is -1.29. The number of nitrogens with zero attached hydrogens (tertiary/aromatic N) is 1. The summed E-state index contributed by atoms with van der Waals surface area (Å²) in [4.78, 5) is 15.5. The van der Waals surface area contributed by atoms with Crippen molar-refractivity contribution in [1.82, 2.24) is 10.3 Å². The van der Waals surface area contributed by atoms with E-state index < -0.39 is 0 Å². The van der Waals surface area contributed by atoms with Crippen molar-refractivity contribution >= 4 is 23.3 Å². The Labute approximate surface area is 100 Å². The van der Waals surface area contributed by atoms with Gasteiger partial charge in [0, 0.05) is 12.7 Å². The van der Waals surface area contributed by atoms with Gasteiger partial charge in [0.25, 0.3) is 5.91 Å². The zero-order valence-electron chi connectivity index (χ0n) is 9.46. The van der Waals surface area contributed by atoms with Gasteiger partial charge >= 0.3 is 0 Å². The van der Waals surface area contributed by atoms with Gasteiger partial charge in [0.05, 0.1) is 10.6 Å². The SMILES string of the molecule is CC(C)CCNC(=O)c1cnc(N)c(Cl)c1. The molecular formula is C11H16ClN3O. The van der Waals surface area contributed by atoms with E-state index >= 15 is 0 Å². The fraction of sp³-hybridized carbons (Fsp3) is 0.455. The van der Waals surface area contributed by atoms with E-state index in [1.807, 2.05) is 0 Å². The molecule has 0 atom stereocenters. The number of amides is 1. The van der Waals surface area contributed by atoms with E-state index in [0.29, 0.717) is 23.0 Å². The van der Waals surface area contributed by atoms with Gasteiger partial charge in [0.1, 0.15) is 5.82 Å². The second kappa shape index (κ2) is 5.70. The lowest BCUT2D eigenvalue weighted by Gasteiger charge is -2.07. The van der Waals surface area contributed by atoms with Crippen molar-refractivity contribution in [2.24, 2.45) is 5.92 Å². The first-order valence-corrected chi connectivity index (χ1v) is 5.57. The van der Waals surface area contributed by atoms with Crippen LogP contribution in [0.2, 0.25) is 5.02 Å². The van der Waals surface area contributed by atoms with Crippen molar-refractivity contribution in [2.45, 2.75) is 20.3 Å². The predicted octanol–water partition coefficient (Wildman–Crippen LogP) is 2.09. The molecule has 1 aromatic rings. The van der Waals surface area contributed by atoms with Crippen LogP contribution in [-0.4, -0.2) is 17.4 Å². The summed E-state index contributed by atoms with van der Waals surface area (Å²) >= 11 is 5.77. The van der Waals surface area contributed by atoms with Gasteiger partial charge in [-0.2, -0.15) is 0 Å². The van der Waals surface area contributed by atoms with Crippen LogP contribution in [0.3, 0.4) is 0 Å². The summed E-state index contributed by atoms with van der Waals surface area (Å²) in [5, 5.41) is 3.10. The van der Waals surface area contributed by atoms with E-state index in [9.17, 15) is 4.79 Å². The Morgan fingerprint density at radius 1 is 1.62 bits per heavy atom. The molecule has 0 aliphatic rings. The van der Waals surface area contributed by atoms with E-state index in [0.717, 1.165) is 6.42 Å². The highest BCUT2D eigenvalue weighted by atomic mass is 35.5. The van der Waals surface area contributed by atoms with Crippen molar-refractivity contribution < 1.29 is 4.79 Å². The molecule has 0 saturated carbocycles. The molecular weight excluding hydrogens is 226 g/mol. The predicted molar refractivity (Wildman–Crippen MR) is 65.4 cm³/mol. The number of rotatable bonds is 4. The molecule has 0 radical (unpaired) electrons. The molecule has 0 spiro atoms. The monoisotopic (exact) mass is 241 g/mol. The van der Waals surface area contributed by atoms with Gasteiger partial charge in [0.2, 0.25) is 0 Å². The normalized spacial score (nSPS) is 10.5. The van der Waals surface area contributed by atoms with Crippen molar-refractivity contribution in [2.75, 3.05) is 12.3 Å². The van der Waals surface area contributed by atoms with Gasteiger partial charge < -0.3 is 11.1 Å². The molecule has 0 aromatic carbocycles. The minimum absolute atomic E-state index is 0.171. The van der Waals surface area contributed by atoms with Crippen LogP contribution in [0.15, 0.2) is 12.3 Å². The molecule has 0 bridgehead atoms. The first-order valence-electron chi connectivity index (χ1n) is 5.20. The van der Waals surface area contributed by atoms with E-state index in [-0.39, 0.29) is 11.7 Å².